The summed E-state index contributed by atoms with van der Waals surface area (Å²) < 4.78 is 7.03. The Labute approximate surface area is 166 Å². The summed E-state index contributed by atoms with van der Waals surface area (Å²) in [5.41, 5.74) is 1.26. The molecule has 1 aromatic heterocycles. The van der Waals surface area contributed by atoms with Crippen LogP contribution in [-0.4, -0.2) is 43.3 Å². The summed E-state index contributed by atoms with van der Waals surface area (Å²) in [5.74, 6) is 1.03. The minimum atomic E-state index is -0.821. The number of ketones is 1. The third kappa shape index (κ3) is 5.23. The Kier molecular flexibility index (Phi) is 6.30. The Morgan fingerprint density at radius 1 is 1.21 bits per heavy atom. The largest absolute Gasteiger partial charge is 0.491 e. The van der Waals surface area contributed by atoms with Crippen molar-refractivity contribution >= 4 is 11.5 Å². The average Bonchev–Trinajstić information content (AvgIpc) is 3.20. The monoisotopic (exact) mass is 396 g/mol. The second kappa shape index (κ2) is 9.07. The number of aliphatic hydroxyl groups is 1. The summed E-state index contributed by atoms with van der Waals surface area (Å²) >= 11 is 0. The summed E-state index contributed by atoms with van der Waals surface area (Å²) in [7, 11) is 0. The van der Waals surface area contributed by atoms with Gasteiger partial charge in [0.25, 0.3) is 5.69 Å². The number of rotatable bonds is 9. The van der Waals surface area contributed by atoms with E-state index in [1.807, 2.05) is 0 Å². The number of carbonyl (C=O) groups is 1. The summed E-state index contributed by atoms with van der Waals surface area (Å²) in [6.07, 6.45) is 1.10. The van der Waals surface area contributed by atoms with Crippen LogP contribution < -0.4 is 4.74 Å². The molecule has 0 aliphatic heterocycles. The van der Waals surface area contributed by atoms with Crippen molar-refractivity contribution in [3.63, 3.8) is 0 Å². The van der Waals surface area contributed by atoms with Gasteiger partial charge in [-0.25, -0.2) is 9.67 Å². The molecule has 0 saturated carbocycles. The molecule has 0 fully saturated rings. The van der Waals surface area contributed by atoms with E-state index < -0.39 is 11.0 Å². The molecule has 0 bridgehead atoms. The molecule has 3 aromatic rings. The number of hydrogen-bond acceptors (Lipinski definition) is 7. The summed E-state index contributed by atoms with van der Waals surface area (Å²) in [5, 5.41) is 25.2. The summed E-state index contributed by atoms with van der Waals surface area (Å²) in [4.78, 5) is 26.0. The lowest BCUT2D eigenvalue weighted by Crippen LogP contribution is -2.23. The van der Waals surface area contributed by atoms with Gasteiger partial charge in [0.1, 0.15) is 24.8 Å². The van der Waals surface area contributed by atoms with Crippen LogP contribution in [0.1, 0.15) is 23.7 Å². The Bertz CT molecular complexity index is 983. The topological polar surface area (TPSA) is 120 Å². The number of nitro groups is 1. The SMILES string of the molecule is CCC(=O)c1ccc(OCC(O)Cn2cnc(-c3ccc([N+](=O)[O-])cc3)n2)cc1. The summed E-state index contributed by atoms with van der Waals surface area (Å²) in [6.45, 7) is 2.03. The first-order valence-electron chi connectivity index (χ1n) is 9.04. The minimum absolute atomic E-state index is 0.00662. The zero-order valence-corrected chi connectivity index (χ0v) is 15.8. The molecule has 0 radical (unpaired) electrons. The lowest BCUT2D eigenvalue weighted by Gasteiger charge is -2.12. The van der Waals surface area contributed by atoms with Crippen LogP contribution in [0.2, 0.25) is 0 Å². The van der Waals surface area contributed by atoms with Crippen LogP contribution in [0.4, 0.5) is 5.69 Å². The standard InChI is InChI=1S/C20H20N4O5/c1-2-19(26)14-5-9-18(10-6-14)29-12-17(25)11-23-13-21-20(22-23)15-3-7-16(8-4-15)24(27)28/h3-10,13,17,25H,2,11-12H2,1H3. The van der Waals surface area contributed by atoms with Crippen LogP contribution in [0.25, 0.3) is 11.4 Å². The van der Waals surface area contributed by atoms with E-state index in [2.05, 4.69) is 10.1 Å². The Morgan fingerprint density at radius 3 is 2.52 bits per heavy atom. The van der Waals surface area contributed by atoms with E-state index in [0.29, 0.717) is 29.1 Å². The van der Waals surface area contributed by atoms with Gasteiger partial charge in [0.15, 0.2) is 11.6 Å². The van der Waals surface area contributed by atoms with Crippen molar-refractivity contribution in [2.24, 2.45) is 0 Å². The van der Waals surface area contributed by atoms with Gasteiger partial charge in [-0.15, -0.1) is 0 Å². The molecule has 1 heterocycles. The maximum atomic E-state index is 11.6. The first-order chi connectivity index (χ1) is 14.0. The van der Waals surface area contributed by atoms with Gasteiger partial charge in [-0.05, 0) is 36.4 Å². The minimum Gasteiger partial charge on any atom is -0.491 e. The quantitative estimate of drug-likeness (QED) is 0.335. The average molecular weight is 396 g/mol. The maximum absolute atomic E-state index is 11.6. The molecule has 1 N–H and O–H groups in total. The van der Waals surface area contributed by atoms with Crippen molar-refractivity contribution in [2.45, 2.75) is 26.0 Å². The molecule has 0 saturated heterocycles. The second-order valence-electron chi connectivity index (χ2n) is 6.36. The molecule has 9 heteroatoms. The number of Topliss-reactive ketones (excluding diaryl/α,β-unsaturated/α-hetero) is 1. The van der Waals surface area contributed by atoms with Gasteiger partial charge >= 0.3 is 0 Å². The molecule has 0 amide bonds. The first kappa shape index (κ1) is 20.2. The zero-order chi connectivity index (χ0) is 20.8. The van der Waals surface area contributed by atoms with Crippen LogP contribution in [0.3, 0.4) is 0 Å². The van der Waals surface area contributed by atoms with E-state index in [4.69, 9.17) is 4.74 Å². The fourth-order valence-electron chi connectivity index (χ4n) is 2.65. The third-order valence-electron chi connectivity index (χ3n) is 4.21. The molecule has 0 aliphatic rings. The van der Waals surface area contributed by atoms with Crippen molar-refractivity contribution in [2.75, 3.05) is 6.61 Å². The highest BCUT2D eigenvalue weighted by Crippen LogP contribution is 2.19. The van der Waals surface area contributed by atoms with Crippen molar-refractivity contribution in [3.8, 4) is 17.1 Å². The molecule has 29 heavy (non-hydrogen) atoms. The number of hydrogen-bond donors (Lipinski definition) is 1. The smallest absolute Gasteiger partial charge is 0.269 e. The number of non-ortho nitro benzene ring substituents is 1. The van der Waals surface area contributed by atoms with Crippen LogP contribution in [0, 0.1) is 10.1 Å². The Hall–Kier alpha value is -3.59. The van der Waals surface area contributed by atoms with Gasteiger partial charge < -0.3 is 9.84 Å². The number of ether oxygens (including phenoxy) is 1. The number of aliphatic hydroxyl groups excluding tert-OH is 1. The van der Waals surface area contributed by atoms with Gasteiger partial charge in [-0.2, -0.15) is 5.10 Å². The van der Waals surface area contributed by atoms with Crippen LogP contribution in [0.5, 0.6) is 5.75 Å². The molecule has 150 valence electrons. The lowest BCUT2D eigenvalue weighted by atomic mass is 10.1. The first-order valence-corrected chi connectivity index (χ1v) is 9.04. The molecule has 3 rings (SSSR count). The highest BCUT2D eigenvalue weighted by molar-refractivity contribution is 5.95. The van der Waals surface area contributed by atoms with Gasteiger partial charge in [0.05, 0.1) is 11.5 Å². The highest BCUT2D eigenvalue weighted by Gasteiger charge is 2.12. The van der Waals surface area contributed by atoms with E-state index in [0.717, 1.165) is 0 Å². The fraction of sp³-hybridized carbons (Fsp3) is 0.250. The molecule has 1 unspecified atom stereocenters. The van der Waals surface area contributed by atoms with Gasteiger partial charge in [-0.3, -0.25) is 14.9 Å². The lowest BCUT2D eigenvalue weighted by molar-refractivity contribution is -0.384. The summed E-state index contributed by atoms with van der Waals surface area (Å²) in [6, 6.07) is 12.7. The molecule has 0 spiro atoms. The van der Waals surface area contributed by atoms with Crippen LogP contribution in [0.15, 0.2) is 54.9 Å². The van der Waals surface area contributed by atoms with Gasteiger partial charge in [0, 0.05) is 29.7 Å². The van der Waals surface area contributed by atoms with Crippen molar-refractivity contribution in [1.29, 1.82) is 0 Å². The Morgan fingerprint density at radius 2 is 1.90 bits per heavy atom. The number of aromatic nitrogens is 3. The molecule has 1 atom stereocenters. The molecule has 0 aliphatic carbocycles. The number of benzene rings is 2. The van der Waals surface area contributed by atoms with Gasteiger partial charge in [-0.1, -0.05) is 6.92 Å². The highest BCUT2D eigenvalue weighted by atomic mass is 16.6. The van der Waals surface area contributed by atoms with E-state index in [1.165, 1.54) is 23.1 Å². The number of nitrogens with zero attached hydrogens (tertiary/aromatic N) is 4. The van der Waals surface area contributed by atoms with Gasteiger partial charge in [0.2, 0.25) is 0 Å². The van der Waals surface area contributed by atoms with E-state index >= 15 is 0 Å². The third-order valence-corrected chi connectivity index (χ3v) is 4.21. The van der Waals surface area contributed by atoms with E-state index in [1.54, 1.807) is 43.3 Å². The normalized spacial score (nSPS) is 11.8. The van der Waals surface area contributed by atoms with Crippen LogP contribution >= 0.6 is 0 Å². The second-order valence-corrected chi connectivity index (χ2v) is 6.36. The van der Waals surface area contributed by atoms with Crippen molar-refractivity contribution in [1.82, 2.24) is 14.8 Å². The van der Waals surface area contributed by atoms with E-state index in [9.17, 15) is 20.0 Å². The molecular formula is C20H20N4O5. The van der Waals surface area contributed by atoms with Crippen molar-refractivity contribution < 1.29 is 19.6 Å². The fourth-order valence-corrected chi connectivity index (χ4v) is 2.65. The Balaban J connectivity index is 1.54. The zero-order valence-electron chi connectivity index (χ0n) is 15.8. The molecule has 2 aromatic carbocycles. The number of nitro benzene ring substituents is 1. The van der Waals surface area contributed by atoms with Crippen LogP contribution in [-0.2, 0) is 6.54 Å². The van der Waals surface area contributed by atoms with Crippen molar-refractivity contribution in [3.05, 3.63) is 70.5 Å². The predicted octanol–water partition coefficient (Wildman–Crippen LogP) is 2.89. The maximum Gasteiger partial charge on any atom is 0.269 e. The molecular weight excluding hydrogens is 376 g/mol. The predicted molar refractivity (Wildman–Crippen MR) is 105 cm³/mol. The molecule has 9 nitrogen and oxygen atoms in total. The number of carbonyl (C=O) groups excluding carboxylic acids is 1. The van der Waals surface area contributed by atoms with E-state index in [-0.39, 0.29) is 24.6 Å².